The van der Waals surface area contributed by atoms with Gasteiger partial charge in [-0.3, -0.25) is 0 Å². The van der Waals surface area contributed by atoms with Gasteiger partial charge in [0.2, 0.25) is 0 Å². The van der Waals surface area contributed by atoms with Crippen molar-refractivity contribution in [3.05, 3.63) is 12.2 Å². The van der Waals surface area contributed by atoms with Crippen LogP contribution in [0.25, 0.3) is 0 Å². The van der Waals surface area contributed by atoms with E-state index < -0.39 is 5.54 Å². The lowest BCUT2D eigenvalue weighted by molar-refractivity contribution is 0.0768. The second kappa shape index (κ2) is 7.18. The Morgan fingerprint density at radius 1 is 0.864 bits per heavy atom. The monoisotopic (exact) mass is 306 g/mol. The van der Waals surface area contributed by atoms with Crippen molar-refractivity contribution in [1.82, 2.24) is 0 Å². The Kier molecular flexibility index (Phi) is 6.91. The maximum atomic E-state index is 9.45. The molecule has 0 saturated carbocycles. The van der Waals surface area contributed by atoms with Gasteiger partial charge in [0, 0.05) is 5.54 Å². The van der Waals surface area contributed by atoms with Crippen molar-refractivity contribution in [3.63, 3.8) is 0 Å². The van der Waals surface area contributed by atoms with Crippen LogP contribution in [0.3, 0.4) is 0 Å². The quantitative estimate of drug-likeness (QED) is 0.614. The van der Waals surface area contributed by atoms with Gasteiger partial charge in [-0.1, -0.05) is 60.6 Å². The van der Waals surface area contributed by atoms with Crippen LogP contribution in [0.2, 0.25) is 0 Å². The molecule has 2 nitrogen and oxygen atoms in total. The lowest BCUT2D eigenvalue weighted by Gasteiger charge is -2.44. The van der Waals surface area contributed by atoms with E-state index >= 15 is 0 Å². The van der Waals surface area contributed by atoms with Crippen molar-refractivity contribution in [2.75, 3.05) is 0 Å². The first-order valence-electron chi connectivity index (χ1n) is 8.46. The average molecular weight is 307 g/mol. The summed E-state index contributed by atoms with van der Waals surface area (Å²) < 4.78 is 0. The highest BCUT2D eigenvalue weighted by atomic mass is 14.7. The first-order valence-corrected chi connectivity index (χ1v) is 8.46. The van der Waals surface area contributed by atoms with E-state index in [0.717, 1.165) is 19.3 Å². The number of nitriles is 1. The molecular formula is C20H38N2. The van der Waals surface area contributed by atoms with Gasteiger partial charge in [0.1, 0.15) is 0 Å². The van der Waals surface area contributed by atoms with E-state index in [2.05, 4.69) is 66.7 Å². The van der Waals surface area contributed by atoms with Crippen molar-refractivity contribution >= 4 is 0 Å². The predicted molar refractivity (Wildman–Crippen MR) is 97.4 cm³/mol. The van der Waals surface area contributed by atoms with Crippen LogP contribution in [0, 0.1) is 33.5 Å². The smallest absolute Gasteiger partial charge is 0.0675 e. The molecule has 0 spiro atoms. The first kappa shape index (κ1) is 21.2. The molecule has 22 heavy (non-hydrogen) atoms. The van der Waals surface area contributed by atoms with Gasteiger partial charge in [0.05, 0.1) is 12.0 Å². The number of hydrogen-bond acceptors (Lipinski definition) is 2. The van der Waals surface area contributed by atoms with Crippen molar-refractivity contribution in [2.24, 2.45) is 27.9 Å². The van der Waals surface area contributed by atoms with Crippen LogP contribution in [0.1, 0.15) is 81.6 Å². The molecule has 0 aromatic carbocycles. The van der Waals surface area contributed by atoms with Crippen molar-refractivity contribution in [1.29, 1.82) is 5.26 Å². The van der Waals surface area contributed by atoms with Crippen LogP contribution >= 0.6 is 0 Å². The summed E-state index contributed by atoms with van der Waals surface area (Å²) in [7, 11) is 0. The van der Waals surface area contributed by atoms with E-state index in [1.54, 1.807) is 0 Å². The Hall–Kier alpha value is -0.810. The van der Waals surface area contributed by atoms with Crippen LogP contribution in [0.4, 0.5) is 0 Å². The molecule has 0 aliphatic carbocycles. The molecule has 128 valence electrons. The number of rotatable bonds is 7. The summed E-state index contributed by atoms with van der Waals surface area (Å²) in [6.45, 7) is 19.8. The highest BCUT2D eigenvalue weighted by Gasteiger charge is 2.40. The molecule has 2 heteroatoms. The minimum Gasteiger partial charge on any atom is -0.324 e. The number of nitrogens with zero attached hydrogens (tertiary/aromatic N) is 1. The molecule has 2 N–H and O–H groups in total. The molecular weight excluding hydrogens is 268 g/mol. The standard InChI is InChI=1S/C20H38N2/c1-17(2,3)12-10-11-13-18(4,5)19(6,7)14-16(15-21)20(8,9)22/h10-11,16H,12-14,22H2,1-9H3. The number of nitrogens with two attached hydrogens (primary N) is 1. The molecule has 0 saturated heterocycles. The van der Waals surface area contributed by atoms with Gasteiger partial charge in [0.15, 0.2) is 0 Å². The van der Waals surface area contributed by atoms with Gasteiger partial charge in [-0.05, 0) is 49.4 Å². The molecule has 0 radical (unpaired) electrons. The normalized spacial score (nSPS) is 15.9. The van der Waals surface area contributed by atoms with Crippen molar-refractivity contribution in [3.8, 4) is 6.07 Å². The third-order valence-electron chi connectivity index (χ3n) is 5.13. The molecule has 1 unspecified atom stereocenters. The fourth-order valence-corrected chi connectivity index (χ4v) is 2.35. The summed E-state index contributed by atoms with van der Waals surface area (Å²) >= 11 is 0. The molecule has 0 aromatic heterocycles. The van der Waals surface area contributed by atoms with E-state index in [4.69, 9.17) is 5.73 Å². The van der Waals surface area contributed by atoms with Gasteiger partial charge < -0.3 is 5.73 Å². The zero-order valence-corrected chi connectivity index (χ0v) is 16.4. The van der Waals surface area contributed by atoms with Gasteiger partial charge in [-0.2, -0.15) is 5.26 Å². The lowest BCUT2D eigenvalue weighted by atomic mass is 9.61. The van der Waals surface area contributed by atoms with Crippen molar-refractivity contribution in [2.45, 2.75) is 87.1 Å². The zero-order chi connectivity index (χ0) is 17.8. The van der Waals surface area contributed by atoms with Crippen LogP contribution in [0.5, 0.6) is 0 Å². The molecule has 0 aliphatic heterocycles. The summed E-state index contributed by atoms with van der Waals surface area (Å²) in [5, 5.41) is 9.45. The Balaban J connectivity index is 4.91. The Morgan fingerprint density at radius 3 is 1.68 bits per heavy atom. The van der Waals surface area contributed by atoms with E-state index in [1.165, 1.54) is 0 Å². The molecule has 1 atom stereocenters. The van der Waals surface area contributed by atoms with E-state index in [-0.39, 0.29) is 16.7 Å². The number of allylic oxidation sites excluding steroid dienone is 2. The van der Waals surface area contributed by atoms with Gasteiger partial charge in [-0.15, -0.1) is 0 Å². The SMILES string of the molecule is CC(C)(C)CC=CCC(C)(C)C(C)(C)CC(C#N)C(C)(C)N. The van der Waals surface area contributed by atoms with Crippen LogP contribution in [0.15, 0.2) is 12.2 Å². The first-order chi connectivity index (χ1) is 9.62. The third-order valence-corrected chi connectivity index (χ3v) is 5.13. The summed E-state index contributed by atoms with van der Waals surface area (Å²) in [6, 6.07) is 2.41. The molecule has 0 rings (SSSR count). The summed E-state index contributed by atoms with van der Waals surface area (Å²) in [4.78, 5) is 0. The molecule has 0 aliphatic rings. The lowest BCUT2D eigenvalue weighted by Crippen LogP contribution is -2.44. The van der Waals surface area contributed by atoms with Crippen LogP contribution in [-0.4, -0.2) is 5.54 Å². The average Bonchev–Trinajstić information content (AvgIpc) is 2.29. The fraction of sp³-hybridized carbons (Fsp3) is 0.850. The maximum Gasteiger partial charge on any atom is 0.0675 e. The van der Waals surface area contributed by atoms with Gasteiger partial charge >= 0.3 is 0 Å². The number of hydrogen-bond donors (Lipinski definition) is 1. The molecule has 0 bridgehead atoms. The molecule has 0 aromatic rings. The maximum absolute atomic E-state index is 9.45. The Labute approximate surface area is 139 Å². The van der Waals surface area contributed by atoms with E-state index in [0.29, 0.717) is 5.41 Å². The zero-order valence-electron chi connectivity index (χ0n) is 16.4. The minimum absolute atomic E-state index is 0.0517. The van der Waals surface area contributed by atoms with Gasteiger partial charge in [0.25, 0.3) is 0 Å². The minimum atomic E-state index is -0.454. The van der Waals surface area contributed by atoms with Gasteiger partial charge in [-0.25, -0.2) is 0 Å². The topological polar surface area (TPSA) is 49.8 Å². The summed E-state index contributed by atoms with van der Waals surface area (Å²) in [6.07, 6.45) is 7.56. The van der Waals surface area contributed by atoms with Crippen LogP contribution in [-0.2, 0) is 0 Å². The highest BCUT2D eigenvalue weighted by Crippen LogP contribution is 2.47. The van der Waals surface area contributed by atoms with E-state index in [9.17, 15) is 5.26 Å². The summed E-state index contributed by atoms with van der Waals surface area (Å²) in [5.74, 6) is -0.125. The third kappa shape index (κ3) is 6.97. The second-order valence-electron chi connectivity index (χ2n) is 9.92. The summed E-state index contributed by atoms with van der Waals surface area (Å²) in [5.41, 5.74) is 6.24. The molecule has 0 heterocycles. The predicted octanol–water partition coefficient (Wildman–Crippen LogP) is 5.69. The largest absolute Gasteiger partial charge is 0.324 e. The Bertz CT molecular complexity index is 408. The van der Waals surface area contributed by atoms with Crippen LogP contribution < -0.4 is 5.73 Å². The van der Waals surface area contributed by atoms with Crippen molar-refractivity contribution < 1.29 is 0 Å². The fourth-order valence-electron chi connectivity index (χ4n) is 2.35. The second-order valence-corrected chi connectivity index (χ2v) is 9.92. The highest BCUT2D eigenvalue weighted by molar-refractivity contribution is 5.03. The molecule has 0 fully saturated rings. The van der Waals surface area contributed by atoms with E-state index in [1.807, 2.05) is 13.8 Å². The Morgan fingerprint density at radius 2 is 1.32 bits per heavy atom. The molecule has 0 amide bonds.